The van der Waals surface area contributed by atoms with E-state index in [0.717, 1.165) is 57.0 Å². The van der Waals surface area contributed by atoms with Crippen LogP contribution in [0.15, 0.2) is 81.6 Å². The van der Waals surface area contributed by atoms with Crippen LogP contribution >= 0.6 is 0 Å². The van der Waals surface area contributed by atoms with Gasteiger partial charge in [-0.15, -0.1) is 0 Å². The van der Waals surface area contributed by atoms with Gasteiger partial charge in [0.05, 0.1) is 0 Å². The predicted octanol–water partition coefficient (Wildman–Crippen LogP) is 10.5. The monoisotopic (exact) mass is 552 g/mol. The lowest BCUT2D eigenvalue weighted by atomic mass is 9.99. The van der Waals surface area contributed by atoms with Crippen LogP contribution in [0.3, 0.4) is 0 Å². The molecule has 2 aliphatic heterocycles. The van der Waals surface area contributed by atoms with E-state index in [-0.39, 0.29) is 0 Å². The van der Waals surface area contributed by atoms with Gasteiger partial charge >= 0.3 is 0 Å². The maximum absolute atomic E-state index is 6.51. The topological polar surface area (TPSA) is 32.8 Å². The Balaban J connectivity index is 1.21. The summed E-state index contributed by atoms with van der Waals surface area (Å²) in [5, 5.41) is 9.55. The molecular weight excluding hydrogens is 516 g/mol. The number of hydrogen-bond acceptors (Lipinski definition) is 4. The minimum atomic E-state index is 0.588. The van der Waals surface area contributed by atoms with Gasteiger partial charge in [0.25, 0.3) is 0 Å². The minimum Gasteiger partial charge on any atom is -0.456 e. The van der Waals surface area contributed by atoms with Crippen LogP contribution in [-0.4, -0.2) is 25.2 Å². The number of anilines is 2. The average Bonchev–Trinajstić information content (AvgIpc) is 3.55. The summed E-state index contributed by atoms with van der Waals surface area (Å²) < 4.78 is 13.0. The first kappa shape index (κ1) is 24.4. The van der Waals surface area contributed by atoms with Crippen molar-refractivity contribution in [3.8, 4) is 0 Å². The van der Waals surface area contributed by atoms with Crippen LogP contribution in [0.25, 0.3) is 65.4 Å². The largest absolute Gasteiger partial charge is 0.456 e. The van der Waals surface area contributed by atoms with Gasteiger partial charge in [-0.25, -0.2) is 0 Å². The molecule has 7 aromatic rings. The molecule has 0 radical (unpaired) electrons. The van der Waals surface area contributed by atoms with Crippen molar-refractivity contribution < 1.29 is 8.83 Å². The first-order valence-electron chi connectivity index (χ1n) is 15.8. The molecule has 0 N–H and O–H groups in total. The third-order valence-corrected chi connectivity index (χ3v) is 10.2. The van der Waals surface area contributed by atoms with Crippen molar-refractivity contribution in [2.45, 2.75) is 64.5 Å². The number of hydrogen-bond donors (Lipinski definition) is 0. The smallest absolute Gasteiger partial charge is 0.136 e. The van der Waals surface area contributed by atoms with E-state index in [2.05, 4.69) is 96.4 Å². The standard InChI is InChI=1S/C38H36N2O2/c1-23-7-3-5-15-39(23)29-11-9-25-19-31-35(21-27(25)17-29)41-33-13-14-34-38(37(31)33)32-20-26-10-12-30(18-28(26)22-36(32)42-34)40-16-6-4-8-24(40)2/h9-14,17-24H,3-8,15-16H2,1-2H3. The highest BCUT2D eigenvalue weighted by molar-refractivity contribution is 6.27. The summed E-state index contributed by atoms with van der Waals surface area (Å²) in [6, 6.07) is 28.3. The van der Waals surface area contributed by atoms with E-state index in [1.165, 1.54) is 71.4 Å². The van der Waals surface area contributed by atoms with Crippen LogP contribution in [0.4, 0.5) is 11.4 Å². The summed E-state index contributed by atoms with van der Waals surface area (Å²) >= 11 is 0. The Morgan fingerprint density at radius 1 is 0.500 bits per heavy atom. The Bertz CT molecular complexity index is 2010. The van der Waals surface area contributed by atoms with Crippen LogP contribution in [0.2, 0.25) is 0 Å². The number of fused-ring (bicyclic) bond motifs is 9. The maximum atomic E-state index is 6.51. The van der Waals surface area contributed by atoms with E-state index in [1.54, 1.807) is 0 Å². The number of piperidine rings is 2. The van der Waals surface area contributed by atoms with E-state index < -0.39 is 0 Å². The molecule has 42 heavy (non-hydrogen) atoms. The van der Waals surface area contributed by atoms with Crippen LogP contribution in [0.1, 0.15) is 52.4 Å². The molecule has 0 spiro atoms. The third kappa shape index (κ3) is 3.67. The molecule has 9 rings (SSSR count). The molecule has 2 unspecified atom stereocenters. The van der Waals surface area contributed by atoms with Crippen molar-refractivity contribution in [3.63, 3.8) is 0 Å². The zero-order valence-electron chi connectivity index (χ0n) is 24.5. The van der Waals surface area contributed by atoms with Gasteiger partial charge in [-0.3, -0.25) is 0 Å². The molecule has 2 fully saturated rings. The summed E-state index contributed by atoms with van der Waals surface area (Å²) in [5.41, 5.74) is 6.33. The molecule has 0 saturated carbocycles. The lowest BCUT2D eigenvalue weighted by Crippen LogP contribution is -2.37. The van der Waals surface area contributed by atoms with Crippen LogP contribution in [0.5, 0.6) is 0 Å². The Hall–Kier alpha value is -4.18. The molecule has 2 atom stereocenters. The highest BCUT2D eigenvalue weighted by Crippen LogP contribution is 2.43. The molecule has 2 aliphatic rings. The molecule has 210 valence electrons. The quantitative estimate of drug-likeness (QED) is 0.214. The minimum absolute atomic E-state index is 0.588. The van der Waals surface area contributed by atoms with Crippen LogP contribution < -0.4 is 9.80 Å². The Labute approximate surface area is 245 Å². The van der Waals surface area contributed by atoms with Crippen molar-refractivity contribution in [2.24, 2.45) is 0 Å². The lowest BCUT2D eigenvalue weighted by Gasteiger charge is -2.35. The molecule has 0 amide bonds. The fourth-order valence-electron chi connectivity index (χ4n) is 7.92. The number of nitrogens with zero attached hydrogens (tertiary/aromatic N) is 2. The molecule has 2 saturated heterocycles. The average molecular weight is 553 g/mol. The van der Waals surface area contributed by atoms with Crippen molar-refractivity contribution in [3.05, 3.63) is 72.8 Å². The van der Waals surface area contributed by atoms with E-state index in [9.17, 15) is 0 Å². The van der Waals surface area contributed by atoms with Gasteiger partial charge in [0, 0.05) is 58.1 Å². The summed E-state index contributed by atoms with van der Waals surface area (Å²) in [6.45, 7) is 6.98. The fraction of sp³-hybridized carbons (Fsp3) is 0.316. The molecule has 4 heterocycles. The lowest BCUT2D eigenvalue weighted by molar-refractivity contribution is 0.485. The second kappa shape index (κ2) is 9.16. The van der Waals surface area contributed by atoms with Gasteiger partial charge in [-0.2, -0.15) is 0 Å². The Kier molecular flexibility index (Phi) is 5.33. The Morgan fingerprint density at radius 2 is 0.976 bits per heavy atom. The fourth-order valence-corrected chi connectivity index (χ4v) is 7.92. The zero-order valence-corrected chi connectivity index (χ0v) is 24.5. The first-order valence-corrected chi connectivity index (χ1v) is 15.8. The number of furan rings is 2. The van der Waals surface area contributed by atoms with Gasteiger partial charge in [0.15, 0.2) is 0 Å². The normalized spacial score (nSPS) is 20.2. The number of rotatable bonds is 2. The summed E-state index contributed by atoms with van der Waals surface area (Å²) in [6.07, 6.45) is 7.74. The van der Waals surface area contributed by atoms with Gasteiger partial charge in [0.2, 0.25) is 0 Å². The van der Waals surface area contributed by atoms with Crippen LogP contribution in [0, 0.1) is 0 Å². The second-order valence-electron chi connectivity index (χ2n) is 12.9. The highest BCUT2D eigenvalue weighted by atomic mass is 16.3. The van der Waals surface area contributed by atoms with Gasteiger partial charge in [0.1, 0.15) is 22.3 Å². The first-order chi connectivity index (χ1) is 20.6. The zero-order chi connectivity index (χ0) is 27.9. The predicted molar refractivity (Wildman–Crippen MR) is 177 cm³/mol. The third-order valence-electron chi connectivity index (χ3n) is 10.2. The van der Waals surface area contributed by atoms with E-state index in [4.69, 9.17) is 8.83 Å². The molecule has 5 aromatic carbocycles. The van der Waals surface area contributed by atoms with Gasteiger partial charge < -0.3 is 18.6 Å². The second-order valence-corrected chi connectivity index (χ2v) is 12.9. The van der Waals surface area contributed by atoms with E-state index >= 15 is 0 Å². The summed E-state index contributed by atoms with van der Waals surface area (Å²) in [5.74, 6) is 0. The van der Waals surface area contributed by atoms with Crippen LogP contribution in [-0.2, 0) is 0 Å². The van der Waals surface area contributed by atoms with E-state index in [1.807, 2.05) is 0 Å². The van der Waals surface area contributed by atoms with Gasteiger partial charge in [-0.1, -0.05) is 12.1 Å². The summed E-state index contributed by atoms with van der Waals surface area (Å²) in [4.78, 5) is 5.13. The van der Waals surface area contributed by atoms with E-state index in [0.29, 0.717) is 12.1 Å². The molecule has 2 aromatic heterocycles. The highest BCUT2D eigenvalue weighted by Gasteiger charge is 2.22. The molecule has 0 bridgehead atoms. The molecule has 0 aliphatic carbocycles. The molecule has 4 nitrogen and oxygen atoms in total. The summed E-state index contributed by atoms with van der Waals surface area (Å²) in [7, 11) is 0. The van der Waals surface area contributed by atoms with Crippen molar-refractivity contribution >= 4 is 76.8 Å². The van der Waals surface area contributed by atoms with Gasteiger partial charge in [-0.05, 0) is 135 Å². The van der Waals surface area contributed by atoms with Crippen molar-refractivity contribution in [1.29, 1.82) is 0 Å². The molecule has 4 heteroatoms. The van der Waals surface area contributed by atoms with Crippen molar-refractivity contribution in [1.82, 2.24) is 0 Å². The molecular formula is C38H36N2O2. The Morgan fingerprint density at radius 3 is 1.43 bits per heavy atom. The number of benzene rings is 5. The van der Waals surface area contributed by atoms with Crippen molar-refractivity contribution in [2.75, 3.05) is 22.9 Å². The maximum Gasteiger partial charge on any atom is 0.136 e. The SMILES string of the molecule is CC1CCCCN1c1ccc2cc3c(cc2c1)oc1ccc2oc4cc5cc(N6CCCCC6C)ccc5cc4c2c13.